The molecule has 6 rings (SSSR count). The van der Waals surface area contributed by atoms with Gasteiger partial charge in [0.15, 0.2) is 5.65 Å². The summed E-state index contributed by atoms with van der Waals surface area (Å²) < 4.78 is 15.4. The van der Waals surface area contributed by atoms with Crippen molar-refractivity contribution in [3.05, 3.63) is 59.3 Å². The predicted octanol–water partition coefficient (Wildman–Crippen LogP) is 1.57. The number of nitrogens with one attached hydrogen (secondary N) is 2. The van der Waals surface area contributed by atoms with Gasteiger partial charge in [-0.1, -0.05) is 26.0 Å². The summed E-state index contributed by atoms with van der Waals surface area (Å²) in [6.07, 6.45) is 2.11. The van der Waals surface area contributed by atoms with Gasteiger partial charge in [0.2, 0.25) is 11.8 Å². The normalized spacial score (nSPS) is 25.0. The van der Waals surface area contributed by atoms with E-state index in [2.05, 4.69) is 57.4 Å². The van der Waals surface area contributed by atoms with Crippen molar-refractivity contribution in [1.82, 2.24) is 35.0 Å². The number of benzene rings is 1. The zero-order valence-electron chi connectivity index (χ0n) is 24.2. The van der Waals surface area contributed by atoms with E-state index in [4.69, 9.17) is 0 Å². The van der Waals surface area contributed by atoms with E-state index in [1.165, 1.54) is 12.1 Å². The molecule has 0 aliphatic carbocycles. The van der Waals surface area contributed by atoms with Gasteiger partial charge in [-0.25, -0.2) is 13.9 Å². The highest BCUT2D eigenvalue weighted by Gasteiger charge is 2.42. The summed E-state index contributed by atoms with van der Waals surface area (Å²) in [5, 5.41) is 11.1. The highest BCUT2D eigenvalue weighted by molar-refractivity contribution is 5.97. The molecule has 2 fully saturated rings. The second kappa shape index (κ2) is 10.8. The first-order chi connectivity index (χ1) is 19.6. The average Bonchev–Trinajstić information content (AvgIpc) is 3.52. The fourth-order valence-electron chi connectivity index (χ4n) is 6.61. The van der Waals surface area contributed by atoms with Crippen LogP contribution in [0.3, 0.4) is 0 Å². The van der Waals surface area contributed by atoms with Crippen LogP contribution in [0.5, 0.6) is 0 Å². The van der Waals surface area contributed by atoms with E-state index in [0.29, 0.717) is 26.1 Å². The molecule has 218 valence electrons. The minimum atomic E-state index is -0.321. The van der Waals surface area contributed by atoms with Crippen molar-refractivity contribution in [2.75, 3.05) is 50.7 Å². The number of hydrogen-bond donors (Lipinski definition) is 2. The highest BCUT2D eigenvalue weighted by atomic mass is 19.1. The lowest BCUT2D eigenvalue weighted by Gasteiger charge is -2.43. The van der Waals surface area contributed by atoms with Gasteiger partial charge < -0.3 is 15.5 Å². The number of carbonyl (C=O) groups excluding carboxylic acids is 2. The summed E-state index contributed by atoms with van der Waals surface area (Å²) in [6.45, 7) is 12.9. The van der Waals surface area contributed by atoms with Crippen LogP contribution in [0.25, 0.3) is 5.65 Å². The van der Waals surface area contributed by atoms with Gasteiger partial charge in [0.05, 0.1) is 24.0 Å². The lowest BCUT2D eigenvalue weighted by molar-refractivity contribution is -0.129. The van der Waals surface area contributed by atoms with Crippen LogP contribution in [0.15, 0.2) is 36.7 Å². The minimum Gasteiger partial charge on any atom is -0.353 e. The van der Waals surface area contributed by atoms with Crippen LogP contribution in [-0.4, -0.2) is 100 Å². The molecule has 10 nitrogen and oxygen atoms in total. The summed E-state index contributed by atoms with van der Waals surface area (Å²) in [5.41, 5.74) is 4.17. The molecule has 0 bridgehead atoms. The molecule has 2 N–H and O–H groups in total. The molecule has 2 amide bonds. The van der Waals surface area contributed by atoms with Gasteiger partial charge >= 0.3 is 0 Å². The maximum Gasteiger partial charge on any atom is 0.241 e. The summed E-state index contributed by atoms with van der Waals surface area (Å²) >= 11 is 0. The molecule has 2 aromatic heterocycles. The fourth-order valence-corrected chi connectivity index (χ4v) is 6.61. The number of pyridine rings is 1. The van der Waals surface area contributed by atoms with Crippen LogP contribution >= 0.6 is 0 Å². The van der Waals surface area contributed by atoms with Crippen LogP contribution in [-0.2, 0) is 21.4 Å². The van der Waals surface area contributed by atoms with Crippen LogP contribution in [0.1, 0.15) is 44.5 Å². The molecule has 3 atom stereocenters. The largest absolute Gasteiger partial charge is 0.353 e. The fraction of sp³-hybridized carbons (Fsp3) is 0.533. The topological polar surface area (TPSA) is 98.1 Å². The second-order valence-corrected chi connectivity index (χ2v) is 12.4. The van der Waals surface area contributed by atoms with E-state index >= 15 is 0 Å². The van der Waals surface area contributed by atoms with Crippen molar-refractivity contribution in [3.63, 3.8) is 0 Å². The van der Waals surface area contributed by atoms with Gasteiger partial charge in [0.1, 0.15) is 12.1 Å². The van der Waals surface area contributed by atoms with Crippen molar-refractivity contribution in [2.45, 2.75) is 57.7 Å². The Morgan fingerprint density at radius 2 is 1.95 bits per heavy atom. The van der Waals surface area contributed by atoms with Gasteiger partial charge in [0, 0.05) is 68.8 Å². The lowest BCUT2D eigenvalue weighted by Crippen LogP contribution is -2.63. The van der Waals surface area contributed by atoms with Crippen LogP contribution in [0.2, 0.25) is 0 Å². The van der Waals surface area contributed by atoms with Crippen molar-refractivity contribution < 1.29 is 14.0 Å². The standard InChI is InChI=1S/C30H39FN8O2/c1-19-14-37(24(13-33-19)15-36-10-9-32-29(41)20(36)2)16-26(40)38-17-30(3,4)27-25(38)12-22(28-34-18-35-39(27)28)11-21-5-7-23(31)8-6-21/h5-8,12,18-20,24,33H,9-11,13-17H2,1-4H3,(H,32,41)/t19-,20-,24-/m1/s1. The zero-order chi connectivity index (χ0) is 28.9. The summed E-state index contributed by atoms with van der Waals surface area (Å²) in [4.78, 5) is 37.3. The number of nitrogens with zero attached hydrogens (tertiary/aromatic N) is 6. The number of halogens is 1. The van der Waals surface area contributed by atoms with E-state index in [1.807, 2.05) is 16.3 Å². The molecule has 0 unspecified atom stereocenters. The number of fused-ring (bicyclic) bond motifs is 3. The van der Waals surface area contributed by atoms with E-state index in [-0.39, 0.29) is 41.2 Å². The first-order valence-electron chi connectivity index (χ1n) is 14.5. The highest BCUT2D eigenvalue weighted by Crippen LogP contribution is 2.42. The maximum atomic E-state index is 14.1. The first kappa shape index (κ1) is 27.7. The maximum absolute atomic E-state index is 14.1. The molecule has 2 saturated heterocycles. The number of hydrogen-bond acceptors (Lipinski definition) is 7. The van der Waals surface area contributed by atoms with Crippen molar-refractivity contribution >= 4 is 23.1 Å². The molecule has 3 aromatic rings. The number of carbonyl (C=O) groups is 2. The third-order valence-corrected chi connectivity index (χ3v) is 8.83. The van der Waals surface area contributed by atoms with Gasteiger partial charge in [0.25, 0.3) is 0 Å². The Bertz CT molecular complexity index is 1450. The third kappa shape index (κ3) is 5.33. The average molecular weight is 563 g/mol. The molecule has 3 aliphatic rings. The molecule has 0 radical (unpaired) electrons. The summed E-state index contributed by atoms with van der Waals surface area (Å²) in [7, 11) is 0. The van der Waals surface area contributed by atoms with Crippen LogP contribution in [0.4, 0.5) is 10.1 Å². The number of anilines is 1. The SMILES string of the molecule is C[C@@H]1CN(CC(=O)N2CC(C)(C)c3c2cc(Cc2ccc(F)cc2)c2ncnn32)[C@@H](CN2CCNC(=O)[C@H]2C)CN1. The number of amides is 2. The number of rotatable bonds is 6. The van der Waals surface area contributed by atoms with Gasteiger partial charge in [-0.3, -0.25) is 19.4 Å². The Balaban J connectivity index is 1.28. The lowest BCUT2D eigenvalue weighted by atomic mass is 9.90. The van der Waals surface area contributed by atoms with Crippen LogP contribution in [0, 0.1) is 5.82 Å². The Kier molecular flexibility index (Phi) is 7.29. The molecule has 0 spiro atoms. The van der Waals surface area contributed by atoms with Crippen molar-refractivity contribution in [2.24, 2.45) is 0 Å². The summed E-state index contributed by atoms with van der Waals surface area (Å²) in [5.74, 6) is -0.164. The molecular formula is C30H39FN8O2. The summed E-state index contributed by atoms with van der Waals surface area (Å²) in [6, 6.07) is 8.75. The molecule has 5 heterocycles. The van der Waals surface area contributed by atoms with Gasteiger partial charge in [-0.05, 0) is 37.6 Å². The minimum absolute atomic E-state index is 0.0487. The third-order valence-electron chi connectivity index (χ3n) is 8.83. The predicted molar refractivity (Wildman–Crippen MR) is 154 cm³/mol. The Morgan fingerprint density at radius 3 is 2.73 bits per heavy atom. The smallest absolute Gasteiger partial charge is 0.241 e. The van der Waals surface area contributed by atoms with Crippen molar-refractivity contribution in [3.8, 4) is 0 Å². The van der Waals surface area contributed by atoms with E-state index in [0.717, 1.165) is 54.3 Å². The first-order valence-corrected chi connectivity index (χ1v) is 14.5. The van der Waals surface area contributed by atoms with Gasteiger partial charge in [-0.15, -0.1) is 0 Å². The van der Waals surface area contributed by atoms with E-state index in [1.54, 1.807) is 18.5 Å². The molecule has 1 aromatic carbocycles. The number of aromatic nitrogens is 3. The van der Waals surface area contributed by atoms with E-state index in [9.17, 15) is 14.0 Å². The monoisotopic (exact) mass is 562 g/mol. The molecular weight excluding hydrogens is 523 g/mol. The van der Waals surface area contributed by atoms with Crippen LogP contribution < -0.4 is 15.5 Å². The molecule has 0 saturated carbocycles. The Labute approximate surface area is 239 Å². The van der Waals surface area contributed by atoms with Crippen molar-refractivity contribution in [1.29, 1.82) is 0 Å². The quantitative estimate of drug-likeness (QED) is 0.471. The van der Waals surface area contributed by atoms with E-state index < -0.39 is 0 Å². The molecule has 41 heavy (non-hydrogen) atoms. The number of piperazine rings is 2. The molecule has 11 heteroatoms. The Hall–Kier alpha value is -3.41. The second-order valence-electron chi connectivity index (χ2n) is 12.4. The zero-order valence-corrected chi connectivity index (χ0v) is 24.2. The molecule has 3 aliphatic heterocycles. The Morgan fingerprint density at radius 1 is 1.17 bits per heavy atom. The van der Waals surface area contributed by atoms with Gasteiger partial charge in [-0.2, -0.15) is 5.10 Å².